The van der Waals surface area contributed by atoms with Gasteiger partial charge in [-0.3, -0.25) is 9.59 Å². The molecule has 7 heteroatoms. The van der Waals surface area contributed by atoms with Gasteiger partial charge in [-0.2, -0.15) is 0 Å². The fraction of sp³-hybridized carbons (Fsp3) is 0.577. The predicted molar refractivity (Wildman–Crippen MR) is 119 cm³/mol. The number of ether oxygens (including phenoxy) is 2. The van der Waals surface area contributed by atoms with Crippen molar-refractivity contribution in [3.05, 3.63) is 41.1 Å². The van der Waals surface area contributed by atoms with Gasteiger partial charge in [-0.15, -0.1) is 0 Å². The van der Waals surface area contributed by atoms with E-state index < -0.39 is 5.97 Å². The second-order valence-corrected chi connectivity index (χ2v) is 10.2. The Bertz CT molecular complexity index is 1030. The van der Waals surface area contributed by atoms with Gasteiger partial charge >= 0.3 is 11.9 Å². The maximum absolute atomic E-state index is 12.5. The Morgan fingerprint density at radius 3 is 2.45 bits per heavy atom. The summed E-state index contributed by atoms with van der Waals surface area (Å²) in [5, 5.41) is 13.3. The standard InChI is InChI=1S/C26H31NO6/c1-16-21(13-23(30)32-17(2)18-3-4-18)24(33-27-16)19-5-7-20(8-6-19)26-11-9-25(10-12-26,15-31-26)14-22(28)29/h5-8,17-18H,3-4,9-15H2,1-2H3,(H,28,29)/t17-,25?,26?/m1/s1. The van der Waals surface area contributed by atoms with Crippen molar-refractivity contribution < 1.29 is 28.7 Å². The summed E-state index contributed by atoms with van der Waals surface area (Å²) in [7, 11) is 0. The van der Waals surface area contributed by atoms with Gasteiger partial charge in [-0.25, -0.2) is 0 Å². The molecule has 3 heterocycles. The SMILES string of the molecule is Cc1noc(-c2ccc(C34CCC(CC(=O)O)(CC3)CO4)cc2)c1CC(=O)O[C@H](C)C1CC1. The number of aryl methyl sites for hydroxylation is 1. The fourth-order valence-corrected chi connectivity index (χ4v) is 5.49. The summed E-state index contributed by atoms with van der Waals surface area (Å²) in [6, 6.07) is 8.09. The van der Waals surface area contributed by atoms with Crippen LogP contribution in [0.15, 0.2) is 28.8 Å². The highest BCUT2D eigenvalue weighted by molar-refractivity contribution is 5.77. The van der Waals surface area contributed by atoms with Crippen LogP contribution in [0.4, 0.5) is 0 Å². The van der Waals surface area contributed by atoms with Crippen LogP contribution in [-0.4, -0.2) is 34.9 Å². The van der Waals surface area contributed by atoms with Gasteiger partial charge in [0.05, 0.1) is 30.7 Å². The van der Waals surface area contributed by atoms with Crippen LogP contribution >= 0.6 is 0 Å². The molecule has 0 amide bonds. The number of hydrogen-bond donors (Lipinski definition) is 1. The first-order valence-electron chi connectivity index (χ1n) is 11.9. The van der Waals surface area contributed by atoms with E-state index >= 15 is 0 Å². The van der Waals surface area contributed by atoms with Crippen LogP contribution in [0.25, 0.3) is 11.3 Å². The topological polar surface area (TPSA) is 98.9 Å². The lowest BCUT2D eigenvalue weighted by molar-refractivity contribution is -0.195. The van der Waals surface area contributed by atoms with Crippen molar-refractivity contribution >= 4 is 11.9 Å². The van der Waals surface area contributed by atoms with Crippen LogP contribution in [0.1, 0.15) is 68.7 Å². The molecule has 2 saturated carbocycles. The van der Waals surface area contributed by atoms with Gasteiger partial charge < -0.3 is 19.1 Å². The first kappa shape index (κ1) is 22.1. The molecule has 2 bridgehead atoms. The number of carbonyl (C=O) groups excluding carboxylic acids is 1. The van der Waals surface area contributed by atoms with Crippen molar-refractivity contribution in [2.75, 3.05) is 6.61 Å². The van der Waals surface area contributed by atoms with E-state index in [0.29, 0.717) is 24.0 Å². The molecule has 4 fully saturated rings. The van der Waals surface area contributed by atoms with Gasteiger partial charge in [0.25, 0.3) is 0 Å². The average Bonchev–Trinajstić information content (AvgIpc) is 3.59. The van der Waals surface area contributed by atoms with E-state index in [4.69, 9.17) is 14.0 Å². The second-order valence-electron chi connectivity index (χ2n) is 10.2. The van der Waals surface area contributed by atoms with Gasteiger partial charge in [0.1, 0.15) is 6.10 Å². The molecule has 7 nitrogen and oxygen atoms in total. The molecule has 2 aromatic rings. The Morgan fingerprint density at radius 1 is 1.18 bits per heavy atom. The minimum Gasteiger partial charge on any atom is -0.481 e. The lowest BCUT2D eigenvalue weighted by Gasteiger charge is -2.53. The first-order valence-corrected chi connectivity index (χ1v) is 11.9. The summed E-state index contributed by atoms with van der Waals surface area (Å²) in [4.78, 5) is 23.7. The van der Waals surface area contributed by atoms with Crippen LogP contribution in [-0.2, 0) is 31.1 Å². The highest BCUT2D eigenvalue weighted by Crippen LogP contribution is 2.55. The molecular weight excluding hydrogens is 422 g/mol. The molecule has 0 radical (unpaired) electrons. The molecule has 1 N–H and O–H groups in total. The van der Waals surface area contributed by atoms with Gasteiger partial charge in [0.15, 0.2) is 5.76 Å². The number of hydrogen-bond acceptors (Lipinski definition) is 6. The Morgan fingerprint density at radius 2 is 1.88 bits per heavy atom. The molecule has 1 aromatic heterocycles. The Kier molecular flexibility index (Phi) is 5.55. The molecule has 176 valence electrons. The number of rotatable bonds is 8. The fourth-order valence-electron chi connectivity index (χ4n) is 5.49. The zero-order valence-electron chi connectivity index (χ0n) is 19.3. The molecule has 2 saturated heterocycles. The van der Waals surface area contributed by atoms with Crippen molar-refractivity contribution in [3.8, 4) is 11.3 Å². The normalized spacial score (nSPS) is 27.3. The first-order chi connectivity index (χ1) is 15.8. The van der Waals surface area contributed by atoms with Gasteiger partial charge in [0.2, 0.25) is 0 Å². The number of fused-ring (bicyclic) bond motifs is 3. The smallest absolute Gasteiger partial charge is 0.310 e. The van der Waals surface area contributed by atoms with E-state index in [1.807, 2.05) is 26.0 Å². The van der Waals surface area contributed by atoms with E-state index in [-0.39, 0.29) is 35.9 Å². The van der Waals surface area contributed by atoms with Crippen molar-refractivity contribution in [3.63, 3.8) is 0 Å². The van der Waals surface area contributed by atoms with Gasteiger partial charge in [-0.05, 0) is 63.9 Å². The number of aromatic nitrogens is 1. The molecule has 0 spiro atoms. The molecule has 33 heavy (non-hydrogen) atoms. The molecule has 6 rings (SSSR count). The summed E-state index contributed by atoms with van der Waals surface area (Å²) in [5.41, 5.74) is 2.86. The van der Waals surface area contributed by atoms with Crippen LogP contribution in [0.3, 0.4) is 0 Å². The van der Waals surface area contributed by atoms with Crippen LogP contribution in [0.2, 0.25) is 0 Å². The monoisotopic (exact) mass is 453 g/mol. The third-order valence-electron chi connectivity index (χ3n) is 7.88. The maximum atomic E-state index is 12.5. The van der Waals surface area contributed by atoms with E-state index in [9.17, 15) is 14.7 Å². The summed E-state index contributed by atoms with van der Waals surface area (Å²) >= 11 is 0. The third-order valence-corrected chi connectivity index (χ3v) is 7.88. The minimum atomic E-state index is -0.749. The number of carbonyl (C=O) groups is 2. The minimum absolute atomic E-state index is 0.0418. The number of nitrogens with zero attached hydrogens (tertiary/aromatic N) is 1. The molecule has 2 aliphatic heterocycles. The van der Waals surface area contributed by atoms with Crippen LogP contribution in [0, 0.1) is 18.3 Å². The Balaban J connectivity index is 1.30. The lowest BCUT2D eigenvalue weighted by atomic mass is 9.63. The van der Waals surface area contributed by atoms with Crippen molar-refractivity contribution in [1.82, 2.24) is 5.16 Å². The number of aliphatic carboxylic acids is 1. The third kappa shape index (κ3) is 4.31. The molecular formula is C26H31NO6. The quantitative estimate of drug-likeness (QED) is 0.574. The number of benzene rings is 1. The molecule has 0 unspecified atom stereocenters. The van der Waals surface area contributed by atoms with Crippen LogP contribution in [0.5, 0.6) is 0 Å². The molecule has 4 aliphatic rings. The van der Waals surface area contributed by atoms with Crippen molar-refractivity contribution in [2.24, 2.45) is 11.3 Å². The zero-order chi connectivity index (χ0) is 23.2. The molecule has 1 aromatic carbocycles. The summed E-state index contributed by atoms with van der Waals surface area (Å²) < 4.78 is 17.5. The van der Waals surface area contributed by atoms with Gasteiger partial charge in [-0.1, -0.05) is 29.4 Å². The molecule has 1 atom stereocenters. The number of carboxylic acids is 1. The summed E-state index contributed by atoms with van der Waals surface area (Å²) in [5.74, 6) is 0.0998. The summed E-state index contributed by atoms with van der Waals surface area (Å²) in [6.07, 6.45) is 5.93. The Hall–Kier alpha value is -2.67. The number of esters is 1. The van der Waals surface area contributed by atoms with E-state index in [2.05, 4.69) is 17.3 Å². The molecule has 2 aliphatic carbocycles. The van der Waals surface area contributed by atoms with Crippen molar-refractivity contribution in [2.45, 2.75) is 76.9 Å². The predicted octanol–water partition coefficient (Wildman–Crippen LogP) is 4.79. The van der Waals surface area contributed by atoms with Crippen LogP contribution < -0.4 is 0 Å². The van der Waals surface area contributed by atoms with E-state index in [1.54, 1.807) is 0 Å². The second kappa shape index (κ2) is 8.28. The Labute approximate surface area is 193 Å². The van der Waals surface area contributed by atoms with E-state index in [0.717, 1.165) is 55.2 Å². The highest BCUT2D eigenvalue weighted by atomic mass is 16.5. The summed E-state index contributed by atoms with van der Waals surface area (Å²) in [6.45, 7) is 4.29. The number of carboxylic acid groups (broad SMARTS) is 1. The average molecular weight is 454 g/mol. The maximum Gasteiger partial charge on any atom is 0.310 e. The van der Waals surface area contributed by atoms with Gasteiger partial charge in [0, 0.05) is 16.5 Å². The van der Waals surface area contributed by atoms with E-state index in [1.165, 1.54) is 0 Å². The lowest BCUT2D eigenvalue weighted by Crippen LogP contribution is -2.50. The highest BCUT2D eigenvalue weighted by Gasteiger charge is 2.51. The van der Waals surface area contributed by atoms with Crippen molar-refractivity contribution in [1.29, 1.82) is 0 Å². The zero-order valence-corrected chi connectivity index (χ0v) is 19.3. The largest absolute Gasteiger partial charge is 0.481 e.